The van der Waals surface area contributed by atoms with Gasteiger partial charge in [-0.2, -0.15) is 0 Å². The zero-order valence-electron chi connectivity index (χ0n) is 14.8. The van der Waals surface area contributed by atoms with Crippen molar-refractivity contribution in [2.45, 2.75) is 32.4 Å². The van der Waals surface area contributed by atoms with Gasteiger partial charge in [0.05, 0.1) is 24.3 Å². The summed E-state index contributed by atoms with van der Waals surface area (Å²) >= 11 is 1.59. The number of ether oxygens (including phenoxy) is 2. The molecule has 1 amide bonds. The van der Waals surface area contributed by atoms with E-state index in [1.165, 1.54) is 0 Å². The Kier molecular flexibility index (Phi) is 5.71. The van der Waals surface area contributed by atoms with Crippen molar-refractivity contribution in [2.24, 2.45) is 5.92 Å². The van der Waals surface area contributed by atoms with E-state index in [4.69, 9.17) is 9.47 Å². The molecule has 1 aromatic heterocycles. The van der Waals surface area contributed by atoms with Crippen molar-refractivity contribution in [3.05, 3.63) is 35.3 Å². The van der Waals surface area contributed by atoms with Crippen molar-refractivity contribution < 1.29 is 14.3 Å². The summed E-state index contributed by atoms with van der Waals surface area (Å²) in [6.07, 6.45) is 3.58. The van der Waals surface area contributed by atoms with E-state index < -0.39 is 0 Å². The number of hydrogen-bond donors (Lipinski definition) is 0. The lowest BCUT2D eigenvalue weighted by Crippen LogP contribution is -2.04. The number of aromatic nitrogens is 1. The molecule has 1 aliphatic heterocycles. The maximum atomic E-state index is 11.3. The molecule has 2 aromatic rings. The van der Waals surface area contributed by atoms with Gasteiger partial charge >= 0.3 is 0 Å². The zero-order chi connectivity index (χ0) is 17.8. The second-order valence-corrected chi connectivity index (χ2v) is 7.41. The molecule has 2 atom stereocenters. The minimum Gasteiger partial charge on any atom is -0.493 e. The third kappa shape index (κ3) is 3.85. The van der Waals surface area contributed by atoms with E-state index in [-0.39, 0.29) is 12.1 Å². The third-order valence-electron chi connectivity index (χ3n) is 4.46. The van der Waals surface area contributed by atoms with Crippen molar-refractivity contribution in [2.75, 3.05) is 20.3 Å². The van der Waals surface area contributed by atoms with Crippen LogP contribution in [0.25, 0.3) is 10.6 Å². The van der Waals surface area contributed by atoms with Gasteiger partial charge in [-0.25, -0.2) is 4.98 Å². The number of carbonyl (C=O) groups is 1. The standard InChI is InChI=1S/C19H24N2O3S/c1-13(2)17-18(21(17)12-22)14-5-6-15(19-20-7-10-25-19)16(11-14)24-9-4-8-23-3/h5-7,10-13,17-18H,4,8-9H2,1-3H3. The van der Waals surface area contributed by atoms with Crippen LogP contribution in [0.5, 0.6) is 5.75 Å². The van der Waals surface area contributed by atoms with Gasteiger partial charge in [-0.1, -0.05) is 19.9 Å². The predicted molar refractivity (Wildman–Crippen MR) is 98.8 cm³/mol. The molecule has 2 heterocycles. The molecule has 5 nitrogen and oxygen atoms in total. The fourth-order valence-electron chi connectivity index (χ4n) is 3.24. The monoisotopic (exact) mass is 360 g/mol. The van der Waals surface area contributed by atoms with Crippen LogP contribution in [0, 0.1) is 5.92 Å². The molecule has 1 aliphatic rings. The molecule has 2 unspecified atom stereocenters. The fourth-order valence-corrected chi connectivity index (χ4v) is 3.91. The van der Waals surface area contributed by atoms with E-state index in [1.807, 2.05) is 10.3 Å². The highest BCUT2D eigenvalue weighted by atomic mass is 32.1. The molecular formula is C19H24N2O3S. The highest BCUT2D eigenvalue weighted by Gasteiger charge is 2.49. The molecule has 0 N–H and O–H groups in total. The lowest BCUT2D eigenvalue weighted by Gasteiger charge is -2.12. The van der Waals surface area contributed by atoms with Crippen LogP contribution in [0.15, 0.2) is 29.8 Å². The van der Waals surface area contributed by atoms with Crippen LogP contribution in [-0.4, -0.2) is 42.7 Å². The maximum Gasteiger partial charge on any atom is 0.210 e. The molecule has 25 heavy (non-hydrogen) atoms. The molecule has 0 aliphatic carbocycles. The van der Waals surface area contributed by atoms with E-state index in [0.29, 0.717) is 19.1 Å². The summed E-state index contributed by atoms with van der Waals surface area (Å²) < 4.78 is 11.1. The smallest absolute Gasteiger partial charge is 0.210 e. The second kappa shape index (κ2) is 7.97. The molecule has 1 saturated heterocycles. The molecular weight excluding hydrogens is 336 g/mol. The van der Waals surface area contributed by atoms with Gasteiger partial charge in [-0.15, -0.1) is 11.3 Å². The Labute approximate surface area is 152 Å². The molecule has 134 valence electrons. The number of thiazole rings is 1. The number of methoxy groups -OCH3 is 1. The van der Waals surface area contributed by atoms with Gasteiger partial charge in [-0.3, -0.25) is 4.79 Å². The lowest BCUT2D eigenvalue weighted by atomic mass is 10.0. The molecule has 1 fully saturated rings. The zero-order valence-corrected chi connectivity index (χ0v) is 15.7. The minimum absolute atomic E-state index is 0.143. The summed E-state index contributed by atoms with van der Waals surface area (Å²) in [5.41, 5.74) is 2.11. The molecule has 0 spiro atoms. The SMILES string of the molecule is COCCCOc1cc(C2C(C(C)C)N2C=O)ccc1-c1nccs1. The fraction of sp³-hybridized carbons (Fsp3) is 0.474. The van der Waals surface area contributed by atoms with Gasteiger partial charge in [0, 0.05) is 31.7 Å². The molecule has 0 saturated carbocycles. The average Bonchev–Trinajstić information content (AvgIpc) is 3.12. The molecule has 0 bridgehead atoms. The van der Waals surface area contributed by atoms with Crippen LogP contribution in [0.2, 0.25) is 0 Å². The number of carbonyl (C=O) groups excluding carboxylic acids is 1. The van der Waals surface area contributed by atoms with Crippen LogP contribution in [0.4, 0.5) is 0 Å². The van der Waals surface area contributed by atoms with E-state index in [9.17, 15) is 4.79 Å². The van der Waals surface area contributed by atoms with Crippen LogP contribution < -0.4 is 4.74 Å². The Morgan fingerprint density at radius 2 is 2.20 bits per heavy atom. The van der Waals surface area contributed by atoms with Gasteiger partial charge in [0.1, 0.15) is 10.8 Å². The largest absolute Gasteiger partial charge is 0.493 e. The lowest BCUT2D eigenvalue weighted by molar-refractivity contribution is -0.114. The first-order valence-electron chi connectivity index (χ1n) is 8.55. The summed E-state index contributed by atoms with van der Waals surface area (Å²) in [5.74, 6) is 1.25. The summed E-state index contributed by atoms with van der Waals surface area (Å²) in [5, 5.41) is 2.90. The van der Waals surface area contributed by atoms with Crippen molar-refractivity contribution >= 4 is 17.7 Å². The van der Waals surface area contributed by atoms with Gasteiger partial charge in [0.25, 0.3) is 0 Å². The number of hydrogen-bond acceptors (Lipinski definition) is 5. The summed E-state index contributed by atoms with van der Waals surface area (Å²) in [6, 6.07) is 6.61. The van der Waals surface area contributed by atoms with Crippen molar-refractivity contribution in [1.82, 2.24) is 9.88 Å². The van der Waals surface area contributed by atoms with Crippen molar-refractivity contribution in [3.8, 4) is 16.3 Å². The van der Waals surface area contributed by atoms with Crippen LogP contribution >= 0.6 is 11.3 Å². The third-order valence-corrected chi connectivity index (χ3v) is 5.27. The Morgan fingerprint density at radius 1 is 1.36 bits per heavy atom. The quantitative estimate of drug-likeness (QED) is 0.388. The summed E-state index contributed by atoms with van der Waals surface area (Å²) in [4.78, 5) is 17.6. The summed E-state index contributed by atoms with van der Waals surface area (Å²) in [7, 11) is 1.69. The first kappa shape index (κ1) is 17.9. The Bertz CT molecular complexity index is 703. The highest BCUT2D eigenvalue weighted by Crippen LogP contribution is 2.47. The molecule has 6 heteroatoms. The number of nitrogens with zero attached hydrogens (tertiary/aromatic N) is 2. The predicted octanol–water partition coefficient (Wildman–Crippen LogP) is 3.76. The van der Waals surface area contributed by atoms with Crippen molar-refractivity contribution in [1.29, 1.82) is 0 Å². The average molecular weight is 360 g/mol. The van der Waals surface area contributed by atoms with E-state index in [2.05, 4.69) is 37.0 Å². The minimum atomic E-state index is 0.143. The van der Waals surface area contributed by atoms with Crippen LogP contribution in [0.3, 0.4) is 0 Å². The second-order valence-electron chi connectivity index (χ2n) is 6.52. The summed E-state index contributed by atoms with van der Waals surface area (Å²) in [6.45, 7) is 5.55. The van der Waals surface area contributed by atoms with E-state index >= 15 is 0 Å². The number of benzene rings is 1. The normalized spacial score (nSPS) is 19.3. The topological polar surface area (TPSA) is 51.4 Å². The van der Waals surface area contributed by atoms with Crippen LogP contribution in [-0.2, 0) is 9.53 Å². The Balaban J connectivity index is 1.85. The Hall–Kier alpha value is -1.92. The van der Waals surface area contributed by atoms with Crippen LogP contribution in [0.1, 0.15) is 31.9 Å². The van der Waals surface area contributed by atoms with Gasteiger partial charge in [-0.05, 0) is 23.6 Å². The van der Waals surface area contributed by atoms with E-state index in [1.54, 1.807) is 24.6 Å². The number of rotatable bonds is 9. The molecule has 3 rings (SSSR count). The highest BCUT2D eigenvalue weighted by molar-refractivity contribution is 7.13. The Morgan fingerprint density at radius 3 is 2.80 bits per heavy atom. The van der Waals surface area contributed by atoms with Gasteiger partial charge < -0.3 is 14.4 Å². The van der Waals surface area contributed by atoms with Crippen molar-refractivity contribution in [3.63, 3.8) is 0 Å². The number of amides is 1. The first-order chi connectivity index (χ1) is 12.2. The molecule has 0 radical (unpaired) electrons. The maximum absolute atomic E-state index is 11.3. The molecule has 1 aromatic carbocycles. The van der Waals surface area contributed by atoms with Gasteiger partial charge in [0.15, 0.2) is 0 Å². The van der Waals surface area contributed by atoms with E-state index in [0.717, 1.165) is 34.7 Å². The first-order valence-corrected chi connectivity index (χ1v) is 9.43. The van der Waals surface area contributed by atoms with Gasteiger partial charge in [0.2, 0.25) is 6.41 Å².